The van der Waals surface area contributed by atoms with Gasteiger partial charge in [-0.1, -0.05) is 35.9 Å². The van der Waals surface area contributed by atoms with E-state index < -0.39 is 0 Å². The Morgan fingerprint density at radius 2 is 2.00 bits per heavy atom. The molecule has 86 valence electrons. The second-order valence-electron chi connectivity index (χ2n) is 4.34. The second-order valence-corrected chi connectivity index (χ2v) is 4.74. The third kappa shape index (κ3) is 1.60. The highest BCUT2D eigenvalue weighted by molar-refractivity contribution is 6.36. The first-order valence-electron chi connectivity index (χ1n) is 5.58. The molecule has 0 aliphatic carbocycles. The Kier molecular flexibility index (Phi) is 2.33. The topological polar surface area (TPSA) is 26.3 Å². The van der Waals surface area contributed by atoms with Gasteiger partial charge in [-0.15, -0.1) is 0 Å². The number of carbonyl (C=O) groups excluding carboxylic acids is 1. The molecule has 0 aromatic heterocycles. The Morgan fingerprint density at radius 1 is 1.29 bits per heavy atom. The standard InChI is InChI=1S/C14H11ClO2/c1-8-6-13(16)11-7-12(15)9-4-2-3-5-10(9)14(11)17-8/h2-5,7-8H,6H2,1H3. The van der Waals surface area contributed by atoms with Gasteiger partial charge in [0.25, 0.3) is 0 Å². The van der Waals surface area contributed by atoms with Crippen LogP contribution in [0.1, 0.15) is 23.7 Å². The number of hydrogen-bond donors (Lipinski definition) is 0. The van der Waals surface area contributed by atoms with Crippen LogP contribution in [0, 0.1) is 0 Å². The molecule has 1 aliphatic heterocycles. The Bertz CT molecular complexity index is 619. The van der Waals surface area contributed by atoms with Gasteiger partial charge in [0.15, 0.2) is 5.78 Å². The van der Waals surface area contributed by atoms with Crippen molar-refractivity contribution in [3.05, 3.63) is 40.9 Å². The van der Waals surface area contributed by atoms with Crippen LogP contribution in [0.2, 0.25) is 5.02 Å². The van der Waals surface area contributed by atoms with E-state index in [1.807, 2.05) is 31.2 Å². The molecule has 0 bridgehead atoms. The summed E-state index contributed by atoms with van der Waals surface area (Å²) in [6.45, 7) is 1.91. The summed E-state index contributed by atoms with van der Waals surface area (Å²) >= 11 is 6.19. The molecule has 1 atom stereocenters. The molecular formula is C14H11ClO2. The summed E-state index contributed by atoms with van der Waals surface area (Å²) < 4.78 is 5.79. The summed E-state index contributed by atoms with van der Waals surface area (Å²) in [5.41, 5.74) is 0.604. The van der Waals surface area contributed by atoms with Gasteiger partial charge < -0.3 is 4.74 Å². The van der Waals surface area contributed by atoms with Gasteiger partial charge in [-0.25, -0.2) is 0 Å². The maximum Gasteiger partial charge on any atom is 0.170 e. The minimum atomic E-state index is -0.0698. The molecular weight excluding hydrogens is 236 g/mol. The van der Waals surface area contributed by atoms with E-state index in [4.69, 9.17) is 16.3 Å². The average Bonchev–Trinajstić information content (AvgIpc) is 2.31. The first-order chi connectivity index (χ1) is 8.16. The van der Waals surface area contributed by atoms with E-state index in [2.05, 4.69) is 0 Å². The minimum absolute atomic E-state index is 0.0698. The molecule has 0 saturated heterocycles. The molecule has 1 unspecified atom stereocenters. The van der Waals surface area contributed by atoms with Gasteiger partial charge in [0.05, 0.1) is 5.56 Å². The summed E-state index contributed by atoms with van der Waals surface area (Å²) in [6, 6.07) is 9.44. The van der Waals surface area contributed by atoms with E-state index in [-0.39, 0.29) is 11.9 Å². The van der Waals surface area contributed by atoms with Crippen LogP contribution in [-0.4, -0.2) is 11.9 Å². The van der Waals surface area contributed by atoms with E-state index >= 15 is 0 Å². The van der Waals surface area contributed by atoms with Gasteiger partial charge in [0.1, 0.15) is 11.9 Å². The van der Waals surface area contributed by atoms with Crippen molar-refractivity contribution in [2.45, 2.75) is 19.4 Å². The van der Waals surface area contributed by atoms with Crippen molar-refractivity contribution >= 4 is 28.2 Å². The first-order valence-corrected chi connectivity index (χ1v) is 5.95. The molecule has 2 nitrogen and oxygen atoms in total. The zero-order chi connectivity index (χ0) is 12.0. The molecule has 0 saturated carbocycles. The van der Waals surface area contributed by atoms with Crippen molar-refractivity contribution in [2.24, 2.45) is 0 Å². The number of fused-ring (bicyclic) bond motifs is 3. The molecule has 0 radical (unpaired) electrons. The first kappa shape index (κ1) is 10.6. The van der Waals surface area contributed by atoms with Crippen LogP contribution in [0.4, 0.5) is 0 Å². The summed E-state index contributed by atoms with van der Waals surface area (Å²) in [5.74, 6) is 0.778. The number of halogens is 1. The van der Waals surface area contributed by atoms with Gasteiger partial charge in [-0.05, 0) is 13.0 Å². The SMILES string of the molecule is CC1CC(=O)c2cc(Cl)c3ccccc3c2O1. The quantitative estimate of drug-likeness (QED) is 0.706. The smallest absolute Gasteiger partial charge is 0.170 e. The van der Waals surface area contributed by atoms with Gasteiger partial charge in [-0.2, -0.15) is 0 Å². The highest BCUT2D eigenvalue weighted by Crippen LogP contribution is 2.38. The number of hydrogen-bond acceptors (Lipinski definition) is 2. The highest BCUT2D eigenvalue weighted by atomic mass is 35.5. The zero-order valence-corrected chi connectivity index (χ0v) is 10.1. The minimum Gasteiger partial charge on any atom is -0.489 e. The summed E-state index contributed by atoms with van der Waals surface area (Å²) in [4.78, 5) is 12.0. The number of Topliss-reactive ketones (excluding diaryl/α,β-unsaturated/α-hetero) is 1. The zero-order valence-electron chi connectivity index (χ0n) is 9.37. The van der Waals surface area contributed by atoms with Crippen LogP contribution in [0.25, 0.3) is 10.8 Å². The lowest BCUT2D eigenvalue weighted by atomic mass is 9.97. The van der Waals surface area contributed by atoms with Crippen molar-refractivity contribution in [3.63, 3.8) is 0 Å². The predicted molar refractivity (Wildman–Crippen MR) is 68.0 cm³/mol. The lowest BCUT2D eigenvalue weighted by Crippen LogP contribution is -2.24. The summed E-state index contributed by atoms with van der Waals surface area (Å²) in [5, 5.41) is 2.44. The number of ether oxygens (including phenoxy) is 1. The Morgan fingerprint density at radius 3 is 2.76 bits per heavy atom. The number of ketones is 1. The van der Waals surface area contributed by atoms with Crippen LogP contribution in [0.15, 0.2) is 30.3 Å². The van der Waals surface area contributed by atoms with Crippen molar-refractivity contribution in [2.75, 3.05) is 0 Å². The second kappa shape index (κ2) is 3.74. The Balaban J connectivity index is 2.38. The number of carbonyl (C=O) groups is 1. The molecule has 0 fully saturated rings. The molecule has 17 heavy (non-hydrogen) atoms. The van der Waals surface area contributed by atoms with E-state index in [9.17, 15) is 4.79 Å². The van der Waals surface area contributed by atoms with Crippen molar-refractivity contribution < 1.29 is 9.53 Å². The highest BCUT2D eigenvalue weighted by Gasteiger charge is 2.26. The van der Waals surface area contributed by atoms with Gasteiger partial charge >= 0.3 is 0 Å². The van der Waals surface area contributed by atoms with Crippen LogP contribution in [0.3, 0.4) is 0 Å². The fourth-order valence-electron chi connectivity index (χ4n) is 2.25. The van der Waals surface area contributed by atoms with Crippen LogP contribution in [0.5, 0.6) is 5.75 Å². The molecule has 3 heteroatoms. The average molecular weight is 247 g/mol. The van der Waals surface area contributed by atoms with Gasteiger partial charge in [0, 0.05) is 22.2 Å². The van der Waals surface area contributed by atoms with E-state index in [0.29, 0.717) is 22.8 Å². The normalized spacial score (nSPS) is 18.9. The van der Waals surface area contributed by atoms with Crippen LogP contribution < -0.4 is 4.74 Å². The molecule has 1 aliphatic rings. The van der Waals surface area contributed by atoms with Crippen molar-refractivity contribution in [1.82, 2.24) is 0 Å². The maximum atomic E-state index is 12.0. The van der Waals surface area contributed by atoms with Crippen molar-refractivity contribution in [1.29, 1.82) is 0 Å². The van der Waals surface area contributed by atoms with E-state index in [0.717, 1.165) is 10.8 Å². The number of benzene rings is 2. The lowest BCUT2D eigenvalue weighted by Gasteiger charge is -2.24. The maximum absolute atomic E-state index is 12.0. The predicted octanol–water partition coefficient (Wildman–Crippen LogP) is 3.85. The summed E-state index contributed by atoms with van der Waals surface area (Å²) in [6.07, 6.45) is 0.348. The van der Waals surface area contributed by atoms with Gasteiger partial charge in [-0.3, -0.25) is 4.79 Å². The Labute approximate surface area is 104 Å². The molecule has 1 heterocycles. The molecule has 0 N–H and O–H groups in total. The molecule has 2 aromatic rings. The largest absolute Gasteiger partial charge is 0.489 e. The van der Waals surface area contributed by atoms with Crippen LogP contribution in [-0.2, 0) is 0 Å². The Hall–Kier alpha value is -1.54. The summed E-state index contributed by atoms with van der Waals surface area (Å²) in [7, 11) is 0. The molecule has 0 spiro atoms. The number of rotatable bonds is 0. The van der Waals surface area contributed by atoms with Gasteiger partial charge in [0.2, 0.25) is 0 Å². The fourth-order valence-corrected chi connectivity index (χ4v) is 2.53. The van der Waals surface area contributed by atoms with E-state index in [1.165, 1.54) is 0 Å². The van der Waals surface area contributed by atoms with Crippen LogP contribution >= 0.6 is 11.6 Å². The third-order valence-corrected chi connectivity index (χ3v) is 3.35. The van der Waals surface area contributed by atoms with Crippen molar-refractivity contribution in [3.8, 4) is 5.75 Å². The monoisotopic (exact) mass is 246 g/mol. The molecule has 0 amide bonds. The third-order valence-electron chi connectivity index (χ3n) is 3.04. The van der Waals surface area contributed by atoms with E-state index in [1.54, 1.807) is 6.07 Å². The molecule has 2 aromatic carbocycles. The fraction of sp³-hybridized carbons (Fsp3) is 0.214. The lowest BCUT2D eigenvalue weighted by molar-refractivity contribution is 0.0874. The molecule has 3 rings (SSSR count).